The Morgan fingerprint density at radius 1 is 1.13 bits per heavy atom. The SMILES string of the molecule is CC(NC(=O)c1ccccc1NS(C)(=O)=O)c1cccc(Cl)c1. The Morgan fingerprint density at radius 2 is 1.83 bits per heavy atom. The summed E-state index contributed by atoms with van der Waals surface area (Å²) in [6.45, 7) is 1.83. The van der Waals surface area contributed by atoms with E-state index in [1.54, 1.807) is 42.5 Å². The van der Waals surface area contributed by atoms with Crippen molar-refractivity contribution in [2.75, 3.05) is 11.0 Å². The number of halogens is 1. The zero-order chi connectivity index (χ0) is 17.0. The van der Waals surface area contributed by atoms with Gasteiger partial charge >= 0.3 is 0 Å². The maximum Gasteiger partial charge on any atom is 0.253 e. The van der Waals surface area contributed by atoms with Gasteiger partial charge < -0.3 is 5.32 Å². The zero-order valence-electron chi connectivity index (χ0n) is 12.7. The minimum absolute atomic E-state index is 0.241. The summed E-state index contributed by atoms with van der Waals surface area (Å²) < 4.78 is 25.1. The Kier molecular flexibility index (Phi) is 5.28. The molecule has 0 aliphatic heterocycles. The van der Waals surface area contributed by atoms with Gasteiger partial charge in [-0.3, -0.25) is 9.52 Å². The van der Waals surface area contributed by atoms with Crippen molar-refractivity contribution in [2.24, 2.45) is 0 Å². The summed E-state index contributed by atoms with van der Waals surface area (Å²) in [5, 5.41) is 3.42. The van der Waals surface area contributed by atoms with E-state index in [9.17, 15) is 13.2 Å². The highest BCUT2D eigenvalue weighted by atomic mass is 35.5. The Labute approximate surface area is 140 Å². The molecule has 23 heavy (non-hydrogen) atoms. The molecule has 0 aliphatic carbocycles. The second-order valence-corrected chi connectivity index (χ2v) is 7.35. The molecule has 0 fully saturated rings. The molecule has 0 radical (unpaired) electrons. The highest BCUT2D eigenvalue weighted by molar-refractivity contribution is 7.92. The fraction of sp³-hybridized carbons (Fsp3) is 0.188. The highest BCUT2D eigenvalue weighted by Crippen LogP contribution is 2.20. The largest absolute Gasteiger partial charge is 0.345 e. The van der Waals surface area contributed by atoms with E-state index in [1.807, 2.05) is 13.0 Å². The maximum absolute atomic E-state index is 12.4. The van der Waals surface area contributed by atoms with Crippen molar-refractivity contribution >= 4 is 33.2 Å². The van der Waals surface area contributed by atoms with Gasteiger partial charge in [0.25, 0.3) is 5.91 Å². The predicted octanol–water partition coefficient (Wildman–Crippen LogP) is 3.20. The van der Waals surface area contributed by atoms with E-state index in [4.69, 9.17) is 11.6 Å². The van der Waals surface area contributed by atoms with Gasteiger partial charge in [0.05, 0.1) is 23.5 Å². The first-order valence-corrected chi connectivity index (χ1v) is 9.16. The number of hydrogen-bond acceptors (Lipinski definition) is 3. The molecule has 0 aliphatic rings. The van der Waals surface area contributed by atoms with Crippen LogP contribution in [0.5, 0.6) is 0 Å². The number of anilines is 1. The molecular formula is C16H17ClN2O3S. The monoisotopic (exact) mass is 352 g/mol. The number of sulfonamides is 1. The lowest BCUT2D eigenvalue weighted by Gasteiger charge is -2.16. The Hall–Kier alpha value is -2.05. The normalized spacial score (nSPS) is 12.5. The van der Waals surface area contributed by atoms with Gasteiger partial charge in [0.2, 0.25) is 10.0 Å². The average molecular weight is 353 g/mol. The van der Waals surface area contributed by atoms with Crippen molar-refractivity contribution in [2.45, 2.75) is 13.0 Å². The average Bonchev–Trinajstić information content (AvgIpc) is 2.46. The van der Waals surface area contributed by atoms with Gasteiger partial charge in [-0.15, -0.1) is 0 Å². The Morgan fingerprint density at radius 3 is 2.48 bits per heavy atom. The van der Waals surface area contributed by atoms with Crippen molar-refractivity contribution in [3.63, 3.8) is 0 Å². The van der Waals surface area contributed by atoms with Crippen LogP contribution in [0.1, 0.15) is 28.9 Å². The van der Waals surface area contributed by atoms with Crippen molar-refractivity contribution < 1.29 is 13.2 Å². The molecule has 7 heteroatoms. The van der Waals surface area contributed by atoms with Gasteiger partial charge in [-0.2, -0.15) is 0 Å². The first-order chi connectivity index (χ1) is 10.8. The summed E-state index contributed by atoms with van der Waals surface area (Å²) in [4.78, 5) is 12.4. The second kappa shape index (κ2) is 7.02. The van der Waals surface area contributed by atoms with Crippen molar-refractivity contribution in [3.8, 4) is 0 Å². The third kappa shape index (κ3) is 4.97. The van der Waals surface area contributed by atoms with E-state index in [2.05, 4.69) is 10.0 Å². The van der Waals surface area contributed by atoms with Crippen LogP contribution < -0.4 is 10.0 Å². The van der Waals surface area contributed by atoms with Gasteiger partial charge in [0.1, 0.15) is 0 Å². The van der Waals surface area contributed by atoms with Crippen LogP contribution in [-0.4, -0.2) is 20.6 Å². The molecule has 0 saturated heterocycles. The van der Waals surface area contributed by atoms with E-state index < -0.39 is 10.0 Å². The Balaban J connectivity index is 2.21. The number of hydrogen-bond donors (Lipinski definition) is 2. The number of amides is 1. The molecule has 1 atom stereocenters. The first kappa shape index (κ1) is 17.3. The van der Waals surface area contributed by atoms with Gasteiger partial charge in [0, 0.05) is 5.02 Å². The molecule has 0 spiro atoms. The molecule has 2 aromatic carbocycles. The molecule has 2 N–H and O–H groups in total. The highest BCUT2D eigenvalue weighted by Gasteiger charge is 2.16. The number of carbonyl (C=O) groups excluding carboxylic acids is 1. The van der Waals surface area contributed by atoms with E-state index in [1.165, 1.54) is 0 Å². The molecule has 0 saturated carbocycles. The molecule has 2 rings (SSSR count). The summed E-state index contributed by atoms with van der Waals surface area (Å²) >= 11 is 5.95. The topological polar surface area (TPSA) is 75.3 Å². The molecule has 0 aromatic heterocycles. The van der Waals surface area contributed by atoms with Crippen molar-refractivity contribution in [3.05, 3.63) is 64.7 Å². The van der Waals surface area contributed by atoms with Crippen LogP contribution in [-0.2, 0) is 10.0 Å². The third-order valence-electron chi connectivity index (χ3n) is 3.16. The lowest BCUT2D eigenvalue weighted by Crippen LogP contribution is -2.27. The van der Waals surface area contributed by atoms with E-state index >= 15 is 0 Å². The van der Waals surface area contributed by atoms with Gasteiger partial charge in [-0.25, -0.2) is 8.42 Å². The molecule has 1 unspecified atom stereocenters. The molecular weight excluding hydrogens is 336 g/mol. The summed E-state index contributed by atoms with van der Waals surface area (Å²) in [6, 6.07) is 13.4. The van der Waals surface area contributed by atoms with Crippen molar-refractivity contribution in [1.82, 2.24) is 5.32 Å². The van der Waals surface area contributed by atoms with Crippen LogP contribution >= 0.6 is 11.6 Å². The zero-order valence-corrected chi connectivity index (χ0v) is 14.3. The predicted molar refractivity (Wildman–Crippen MR) is 92.2 cm³/mol. The lowest BCUT2D eigenvalue weighted by molar-refractivity contribution is 0.0941. The van der Waals surface area contributed by atoms with Gasteiger partial charge in [-0.1, -0.05) is 35.9 Å². The number of carbonyl (C=O) groups is 1. The molecule has 0 heterocycles. The second-order valence-electron chi connectivity index (χ2n) is 5.17. The fourth-order valence-corrected chi connectivity index (χ4v) is 2.88. The van der Waals surface area contributed by atoms with E-state index in [0.29, 0.717) is 5.02 Å². The van der Waals surface area contributed by atoms with Crippen LogP contribution in [0.4, 0.5) is 5.69 Å². The van der Waals surface area contributed by atoms with Crippen LogP contribution in [0.2, 0.25) is 5.02 Å². The summed E-state index contributed by atoms with van der Waals surface area (Å²) in [5.74, 6) is -0.371. The number of benzene rings is 2. The number of para-hydroxylation sites is 1. The Bertz CT molecular complexity index is 822. The first-order valence-electron chi connectivity index (χ1n) is 6.89. The summed E-state index contributed by atoms with van der Waals surface area (Å²) in [6.07, 6.45) is 1.04. The molecule has 1 amide bonds. The molecule has 5 nitrogen and oxygen atoms in total. The van der Waals surface area contributed by atoms with Crippen molar-refractivity contribution in [1.29, 1.82) is 0 Å². The minimum atomic E-state index is -3.47. The van der Waals surface area contributed by atoms with Crippen LogP contribution in [0, 0.1) is 0 Å². The van der Waals surface area contributed by atoms with E-state index in [-0.39, 0.29) is 23.2 Å². The molecule has 122 valence electrons. The van der Waals surface area contributed by atoms with E-state index in [0.717, 1.165) is 11.8 Å². The molecule has 2 aromatic rings. The third-order valence-corrected chi connectivity index (χ3v) is 3.99. The summed E-state index contributed by atoms with van der Waals surface area (Å²) in [7, 11) is -3.47. The number of nitrogens with one attached hydrogen (secondary N) is 2. The summed E-state index contributed by atoms with van der Waals surface area (Å²) in [5.41, 5.74) is 1.36. The standard InChI is InChI=1S/C16H17ClN2O3S/c1-11(12-6-5-7-13(17)10-12)18-16(20)14-8-3-4-9-15(14)19-23(2,21)22/h3-11,19H,1-2H3,(H,18,20). The van der Waals surface area contributed by atoms with Gasteiger partial charge in [0.15, 0.2) is 0 Å². The molecule has 0 bridgehead atoms. The lowest BCUT2D eigenvalue weighted by atomic mass is 10.1. The van der Waals surface area contributed by atoms with Crippen LogP contribution in [0.3, 0.4) is 0 Å². The number of rotatable bonds is 5. The fourth-order valence-electron chi connectivity index (χ4n) is 2.10. The van der Waals surface area contributed by atoms with Gasteiger partial charge in [-0.05, 0) is 36.8 Å². The van der Waals surface area contributed by atoms with Crippen LogP contribution in [0.15, 0.2) is 48.5 Å². The smallest absolute Gasteiger partial charge is 0.253 e. The minimum Gasteiger partial charge on any atom is -0.345 e. The quantitative estimate of drug-likeness (QED) is 0.867. The van der Waals surface area contributed by atoms with Crippen LogP contribution in [0.25, 0.3) is 0 Å². The maximum atomic E-state index is 12.4.